The van der Waals surface area contributed by atoms with Gasteiger partial charge in [0.1, 0.15) is 6.33 Å². The largest absolute Gasteiger partial charge is 0.296 e. The Bertz CT molecular complexity index is 1490. The van der Waals surface area contributed by atoms with Gasteiger partial charge in [0.25, 0.3) is 0 Å². The van der Waals surface area contributed by atoms with E-state index in [0.717, 1.165) is 22.4 Å². The molecule has 2 aromatic heterocycles. The Kier molecular flexibility index (Phi) is 5.37. The van der Waals surface area contributed by atoms with Crippen LogP contribution in [-0.2, 0) is 0 Å². The second-order valence-electron chi connectivity index (χ2n) is 7.81. The third-order valence-electron chi connectivity index (χ3n) is 5.67. The number of nitrogens with zero attached hydrogens (tertiary/aromatic N) is 2. The number of hydrogen-bond donors (Lipinski definition) is 0. The van der Waals surface area contributed by atoms with Gasteiger partial charge >= 0.3 is 0 Å². The van der Waals surface area contributed by atoms with Crippen molar-refractivity contribution in [2.75, 3.05) is 0 Å². The highest BCUT2D eigenvalue weighted by molar-refractivity contribution is 6.30. The van der Waals surface area contributed by atoms with E-state index in [1.54, 1.807) is 41.1 Å². The van der Waals surface area contributed by atoms with Crippen LogP contribution in [0.2, 0.25) is 5.02 Å². The van der Waals surface area contributed by atoms with E-state index in [4.69, 9.17) is 11.6 Å². The molecule has 0 fully saturated rings. The Balaban J connectivity index is 1.56. The van der Waals surface area contributed by atoms with Crippen molar-refractivity contribution < 1.29 is 9.59 Å². The molecule has 0 saturated carbocycles. The number of carbonyl (C=O) groups is 2. The minimum absolute atomic E-state index is 0.112. The minimum Gasteiger partial charge on any atom is -0.296 e. The molecular weight excluding hydrogens is 432 g/mol. The summed E-state index contributed by atoms with van der Waals surface area (Å²) in [5.74, 6) is -0.310. The molecule has 5 aromatic rings. The number of ketones is 2. The van der Waals surface area contributed by atoms with Gasteiger partial charge in [0.05, 0.1) is 16.9 Å². The smallest absolute Gasteiger partial charge is 0.209 e. The van der Waals surface area contributed by atoms with E-state index < -0.39 is 0 Å². The van der Waals surface area contributed by atoms with Crippen LogP contribution in [0.3, 0.4) is 0 Å². The van der Waals surface area contributed by atoms with Crippen molar-refractivity contribution in [1.29, 1.82) is 0 Å². The van der Waals surface area contributed by atoms with Crippen LogP contribution in [0.15, 0.2) is 97.3 Å². The molecule has 0 aliphatic heterocycles. The molecule has 4 nitrogen and oxygen atoms in total. The number of carbonyl (C=O) groups excluding carboxylic acids is 2. The summed E-state index contributed by atoms with van der Waals surface area (Å²) in [6, 6.07) is 28.5. The van der Waals surface area contributed by atoms with Gasteiger partial charge in [-0.05, 0) is 54.4 Å². The number of Topliss-reactive ketones (excluding diaryl/α,β-unsaturated/α-hetero) is 1. The van der Waals surface area contributed by atoms with Crippen molar-refractivity contribution in [2.24, 2.45) is 0 Å². The molecule has 160 valence electrons. The van der Waals surface area contributed by atoms with Crippen LogP contribution >= 0.6 is 11.6 Å². The molecule has 0 spiro atoms. The first-order valence-electron chi connectivity index (χ1n) is 10.5. The van der Waals surface area contributed by atoms with E-state index in [2.05, 4.69) is 29.2 Å². The molecule has 0 unspecified atom stereocenters. The van der Waals surface area contributed by atoms with E-state index in [-0.39, 0.29) is 11.6 Å². The van der Waals surface area contributed by atoms with Gasteiger partial charge in [-0.3, -0.25) is 14.0 Å². The van der Waals surface area contributed by atoms with Crippen molar-refractivity contribution in [1.82, 2.24) is 9.38 Å². The highest BCUT2D eigenvalue weighted by Crippen LogP contribution is 2.27. The van der Waals surface area contributed by atoms with E-state index in [9.17, 15) is 9.59 Å². The molecule has 0 saturated heterocycles. The van der Waals surface area contributed by atoms with E-state index in [0.29, 0.717) is 27.4 Å². The molecule has 0 bridgehead atoms. The maximum Gasteiger partial charge on any atom is 0.209 e. The molecule has 3 aromatic carbocycles. The third-order valence-corrected chi connectivity index (χ3v) is 5.92. The second kappa shape index (κ2) is 8.49. The van der Waals surface area contributed by atoms with Gasteiger partial charge in [0.2, 0.25) is 5.78 Å². The summed E-state index contributed by atoms with van der Waals surface area (Å²) in [4.78, 5) is 30.1. The number of benzene rings is 3. The molecule has 5 heteroatoms. The number of hydrogen-bond acceptors (Lipinski definition) is 3. The lowest BCUT2D eigenvalue weighted by atomic mass is 10.0. The van der Waals surface area contributed by atoms with Gasteiger partial charge in [-0.25, -0.2) is 4.98 Å². The zero-order valence-corrected chi connectivity index (χ0v) is 18.6. The molecule has 0 aliphatic carbocycles. The van der Waals surface area contributed by atoms with Crippen LogP contribution in [0.4, 0.5) is 0 Å². The summed E-state index contributed by atoms with van der Waals surface area (Å²) in [7, 11) is 0. The van der Waals surface area contributed by atoms with Gasteiger partial charge < -0.3 is 0 Å². The van der Waals surface area contributed by atoms with Crippen LogP contribution < -0.4 is 0 Å². The van der Waals surface area contributed by atoms with Crippen LogP contribution in [0.5, 0.6) is 0 Å². The first-order valence-corrected chi connectivity index (χ1v) is 10.9. The van der Waals surface area contributed by atoms with Crippen molar-refractivity contribution in [3.63, 3.8) is 0 Å². The Hall–Kier alpha value is -4.02. The Labute approximate surface area is 196 Å². The number of halogens is 1. The summed E-state index contributed by atoms with van der Waals surface area (Å²) < 4.78 is 1.68. The lowest BCUT2D eigenvalue weighted by molar-refractivity contribution is 0.101. The average Bonchev–Trinajstić information content (AvgIpc) is 3.24. The van der Waals surface area contributed by atoms with Crippen LogP contribution in [0.25, 0.3) is 27.9 Å². The summed E-state index contributed by atoms with van der Waals surface area (Å²) in [5.41, 5.74) is 5.93. The Morgan fingerprint density at radius 2 is 1.42 bits per heavy atom. The molecule has 0 amide bonds. The maximum atomic E-state index is 13.1. The predicted octanol–water partition coefficient (Wildman–Crippen LogP) is 6.76. The van der Waals surface area contributed by atoms with Crippen molar-refractivity contribution in [3.8, 4) is 22.4 Å². The summed E-state index contributed by atoms with van der Waals surface area (Å²) in [6.07, 6.45) is 1.60. The standard InChI is InChI=1S/C28H19ClN2O2/c1-18(32)24-15-27(28(33)22-11-13-23(29)14-12-22)31-17-30-25(16-26(24)31)21-9-7-20(8-10-21)19-5-3-2-4-6-19/h2-17H,1H3. The van der Waals surface area contributed by atoms with E-state index >= 15 is 0 Å². The zero-order valence-electron chi connectivity index (χ0n) is 17.8. The summed E-state index contributed by atoms with van der Waals surface area (Å²) in [6.45, 7) is 1.50. The Morgan fingerprint density at radius 1 is 0.788 bits per heavy atom. The highest BCUT2D eigenvalue weighted by Gasteiger charge is 2.20. The predicted molar refractivity (Wildman–Crippen MR) is 131 cm³/mol. The van der Waals surface area contributed by atoms with Crippen LogP contribution in [-0.4, -0.2) is 21.0 Å². The minimum atomic E-state index is -0.198. The summed E-state index contributed by atoms with van der Waals surface area (Å²) >= 11 is 5.95. The third kappa shape index (κ3) is 3.97. The van der Waals surface area contributed by atoms with Crippen molar-refractivity contribution >= 4 is 28.7 Å². The van der Waals surface area contributed by atoms with Crippen molar-refractivity contribution in [2.45, 2.75) is 6.92 Å². The topological polar surface area (TPSA) is 51.4 Å². The maximum absolute atomic E-state index is 13.1. The average molecular weight is 451 g/mol. The molecule has 5 rings (SSSR count). The van der Waals surface area contributed by atoms with Gasteiger partial charge in [-0.15, -0.1) is 0 Å². The second-order valence-corrected chi connectivity index (χ2v) is 8.24. The van der Waals surface area contributed by atoms with Gasteiger partial charge in [-0.2, -0.15) is 0 Å². The lowest BCUT2D eigenvalue weighted by Gasteiger charge is -2.07. The SMILES string of the molecule is CC(=O)c1cc(C(=O)c2ccc(Cl)cc2)n2cnc(-c3ccc(-c4ccccc4)cc3)cc12. The van der Waals surface area contributed by atoms with Crippen molar-refractivity contribution in [3.05, 3.63) is 119 Å². The normalized spacial score (nSPS) is 11.0. The fourth-order valence-corrected chi connectivity index (χ4v) is 4.05. The molecule has 2 heterocycles. The van der Waals surface area contributed by atoms with Gasteiger partial charge in [0.15, 0.2) is 5.78 Å². The highest BCUT2D eigenvalue weighted by atomic mass is 35.5. The number of fused-ring (bicyclic) bond motifs is 1. The molecule has 0 aliphatic rings. The number of aromatic nitrogens is 2. The van der Waals surface area contributed by atoms with Gasteiger partial charge in [-0.1, -0.05) is 66.2 Å². The molecule has 33 heavy (non-hydrogen) atoms. The van der Waals surface area contributed by atoms with E-state index in [1.807, 2.05) is 36.4 Å². The molecule has 0 radical (unpaired) electrons. The van der Waals surface area contributed by atoms with E-state index in [1.165, 1.54) is 6.92 Å². The fourth-order valence-electron chi connectivity index (χ4n) is 3.93. The number of rotatable bonds is 5. The lowest BCUT2D eigenvalue weighted by Crippen LogP contribution is -2.05. The van der Waals surface area contributed by atoms with Gasteiger partial charge in [0, 0.05) is 21.7 Å². The molecule has 0 atom stereocenters. The first kappa shape index (κ1) is 20.9. The van der Waals surface area contributed by atoms with Crippen LogP contribution in [0.1, 0.15) is 33.3 Å². The molecule has 0 N–H and O–H groups in total. The van der Waals surface area contributed by atoms with Crippen LogP contribution in [0, 0.1) is 0 Å². The zero-order chi connectivity index (χ0) is 22.9. The summed E-state index contributed by atoms with van der Waals surface area (Å²) in [5, 5.41) is 0.556. The first-order chi connectivity index (χ1) is 16.0. The quantitative estimate of drug-likeness (QED) is 0.278. The monoisotopic (exact) mass is 450 g/mol. The molecular formula is C28H19ClN2O2. The fraction of sp³-hybridized carbons (Fsp3) is 0.0357. The Morgan fingerprint density at radius 3 is 2.09 bits per heavy atom.